The van der Waals surface area contributed by atoms with Gasteiger partial charge in [-0.05, 0) is 29.7 Å². The van der Waals surface area contributed by atoms with Crippen LogP contribution in [0.1, 0.15) is 64.9 Å². The van der Waals surface area contributed by atoms with Crippen molar-refractivity contribution in [2.24, 2.45) is 10.8 Å². The number of hydrogen-bond acceptors (Lipinski definition) is 4. The second kappa shape index (κ2) is 6.33. The minimum absolute atomic E-state index is 0.0828. The third-order valence-corrected chi connectivity index (χ3v) is 6.17. The van der Waals surface area contributed by atoms with E-state index in [4.69, 9.17) is 4.74 Å². The van der Waals surface area contributed by atoms with E-state index in [0.717, 1.165) is 46.7 Å². The van der Waals surface area contributed by atoms with Crippen LogP contribution >= 0.6 is 0 Å². The number of Topliss-reactive ketones (excluding diaryl/α,β-unsaturated/α-hetero) is 2. The van der Waals surface area contributed by atoms with Gasteiger partial charge in [0.05, 0.1) is 7.11 Å². The van der Waals surface area contributed by atoms with Gasteiger partial charge in [0.2, 0.25) is 0 Å². The van der Waals surface area contributed by atoms with Crippen molar-refractivity contribution in [2.75, 3.05) is 7.11 Å². The van der Waals surface area contributed by atoms with E-state index in [-0.39, 0.29) is 28.3 Å². The molecule has 3 aliphatic rings. The number of hydrogen-bond donors (Lipinski definition) is 1. The summed E-state index contributed by atoms with van der Waals surface area (Å²) in [5.41, 5.74) is 4.24. The summed E-state index contributed by atoms with van der Waals surface area (Å²) in [5, 5.41) is 3.54. The topological polar surface area (TPSA) is 55.4 Å². The number of para-hydroxylation sites is 1. The molecule has 0 atom stereocenters. The Labute approximate surface area is 167 Å². The summed E-state index contributed by atoms with van der Waals surface area (Å²) in [6.45, 7) is 8.53. The maximum Gasteiger partial charge on any atom is 0.162 e. The first-order valence-electron chi connectivity index (χ1n) is 10.0. The van der Waals surface area contributed by atoms with Gasteiger partial charge in [-0.1, -0.05) is 45.9 Å². The minimum Gasteiger partial charge on any atom is -0.496 e. The van der Waals surface area contributed by atoms with Gasteiger partial charge in [0.1, 0.15) is 5.75 Å². The van der Waals surface area contributed by atoms with E-state index in [2.05, 4.69) is 33.0 Å². The van der Waals surface area contributed by atoms with Gasteiger partial charge in [-0.2, -0.15) is 0 Å². The Morgan fingerprint density at radius 2 is 1.36 bits per heavy atom. The number of rotatable bonds is 2. The Bertz CT molecular complexity index is 881. The number of ether oxygens (including phenoxy) is 1. The van der Waals surface area contributed by atoms with Gasteiger partial charge in [-0.25, -0.2) is 0 Å². The van der Waals surface area contributed by atoms with Gasteiger partial charge in [0.25, 0.3) is 0 Å². The van der Waals surface area contributed by atoms with Crippen LogP contribution in [0.2, 0.25) is 0 Å². The number of ketones is 2. The number of benzene rings is 1. The normalized spacial score (nSPS) is 23.9. The van der Waals surface area contributed by atoms with Crippen molar-refractivity contribution < 1.29 is 14.3 Å². The SMILES string of the molecule is COc1ccccc1C1C2=C(CC(C)(C)CC2=O)NC2=C1C(=O)CC(C)(C)C2. The molecule has 4 heteroatoms. The molecule has 0 saturated carbocycles. The van der Waals surface area contributed by atoms with Crippen molar-refractivity contribution >= 4 is 11.6 Å². The maximum absolute atomic E-state index is 13.3. The molecule has 4 nitrogen and oxygen atoms in total. The number of carbonyl (C=O) groups excluding carboxylic acids is 2. The molecule has 1 aromatic rings. The standard InChI is InChI=1S/C24H29NO3/c1-23(2)10-15-21(17(26)12-23)20(14-8-6-7-9-19(14)28-5)22-16(25-15)11-24(3,4)13-18(22)27/h6-9,20,25H,10-13H2,1-5H3. The smallest absolute Gasteiger partial charge is 0.162 e. The van der Waals surface area contributed by atoms with Crippen molar-refractivity contribution in [1.82, 2.24) is 5.32 Å². The van der Waals surface area contributed by atoms with E-state index in [1.54, 1.807) is 7.11 Å². The zero-order valence-corrected chi connectivity index (χ0v) is 17.4. The lowest BCUT2D eigenvalue weighted by molar-refractivity contribution is -0.119. The molecule has 0 saturated heterocycles. The van der Waals surface area contributed by atoms with Crippen LogP contribution in [-0.2, 0) is 9.59 Å². The molecule has 4 rings (SSSR count). The molecule has 2 aliphatic carbocycles. The van der Waals surface area contributed by atoms with Crippen molar-refractivity contribution in [3.05, 3.63) is 52.4 Å². The van der Waals surface area contributed by atoms with Gasteiger partial charge in [0.15, 0.2) is 11.6 Å². The molecule has 0 amide bonds. The third kappa shape index (κ3) is 3.09. The van der Waals surface area contributed by atoms with Crippen molar-refractivity contribution in [3.63, 3.8) is 0 Å². The largest absolute Gasteiger partial charge is 0.496 e. The fraction of sp³-hybridized carbons (Fsp3) is 0.500. The molecule has 0 spiro atoms. The second-order valence-electron chi connectivity index (χ2n) is 9.97. The van der Waals surface area contributed by atoms with Crippen LogP contribution in [0, 0.1) is 10.8 Å². The van der Waals surface area contributed by atoms with E-state index < -0.39 is 0 Å². The molecular formula is C24H29NO3. The average Bonchev–Trinajstić information content (AvgIpc) is 2.57. The lowest BCUT2D eigenvalue weighted by Gasteiger charge is -2.44. The molecule has 0 radical (unpaired) electrons. The highest BCUT2D eigenvalue weighted by molar-refractivity contribution is 6.07. The molecular weight excluding hydrogens is 350 g/mol. The predicted molar refractivity (Wildman–Crippen MR) is 109 cm³/mol. The summed E-state index contributed by atoms with van der Waals surface area (Å²) in [6, 6.07) is 7.77. The Balaban J connectivity index is 1.95. The minimum atomic E-state index is -0.338. The van der Waals surface area contributed by atoms with Crippen LogP contribution in [0.15, 0.2) is 46.8 Å². The highest BCUT2D eigenvalue weighted by atomic mass is 16.5. The van der Waals surface area contributed by atoms with Crippen LogP contribution in [0.3, 0.4) is 0 Å². The second-order valence-corrected chi connectivity index (χ2v) is 9.97. The Hall–Kier alpha value is -2.36. The van der Waals surface area contributed by atoms with Crippen LogP contribution in [0.5, 0.6) is 5.75 Å². The molecule has 1 heterocycles. The first kappa shape index (κ1) is 19.0. The first-order chi connectivity index (χ1) is 13.1. The van der Waals surface area contributed by atoms with E-state index >= 15 is 0 Å². The summed E-state index contributed by atoms with van der Waals surface area (Å²) < 4.78 is 5.62. The fourth-order valence-corrected chi connectivity index (χ4v) is 5.10. The highest BCUT2D eigenvalue weighted by Crippen LogP contribution is 2.52. The van der Waals surface area contributed by atoms with Crippen molar-refractivity contribution in [3.8, 4) is 5.75 Å². The predicted octanol–water partition coefficient (Wildman–Crippen LogP) is 4.67. The van der Waals surface area contributed by atoms with E-state index in [1.165, 1.54) is 0 Å². The summed E-state index contributed by atoms with van der Waals surface area (Å²) in [6.07, 6.45) is 2.62. The van der Waals surface area contributed by atoms with Crippen LogP contribution < -0.4 is 10.1 Å². The van der Waals surface area contributed by atoms with Crippen molar-refractivity contribution in [1.29, 1.82) is 0 Å². The molecule has 1 aromatic carbocycles. The van der Waals surface area contributed by atoms with Gasteiger partial charge in [-0.15, -0.1) is 0 Å². The zero-order chi connectivity index (χ0) is 20.3. The quantitative estimate of drug-likeness (QED) is 0.811. The molecule has 0 unspecified atom stereocenters. The van der Waals surface area contributed by atoms with Gasteiger partial charge < -0.3 is 10.1 Å². The van der Waals surface area contributed by atoms with E-state index in [1.807, 2.05) is 24.3 Å². The average molecular weight is 380 g/mol. The van der Waals surface area contributed by atoms with Crippen molar-refractivity contribution in [2.45, 2.75) is 59.3 Å². The van der Waals surface area contributed by atoms with Gasteiger partial charge in [0, 0.05) is 46.9 Å². The fourth-order valence-electron chi connectivity index (χ4n) is 5.10. The monoisotopic (exact) mass is 379 g/mol. The van der Waals surface area contributed by atoms with Gasteiger partial charge in [-0.3, -0.25) is 9.59 Å². The third-order valence-electron chi connectivity index (χ3n) is 6.17. The van der Waals surface area contributed by atoms with Gasteiger partial charge >= 0.3 is 0 Å². The summed E-state index contributed by atoms with van der Waals surface area (Å²) in [7, 11) is 1.64. The Morgan fingerprint density at radius 1 is 0.857 bits per heavy atom. The number of dihydropyridines is 1. The molecule has 1 aliphatic heterocycles. The molecule has 148 valence electrons. The number of allylic oxidation sites excluding steroid dienone is 4. The summed E-state index contributed by atoms with van der Waals surface area (Å²) in [5.74, 6) is 0.663. The Morgan fingerprint density at radius 3 is 1.86 bits per heavy atom. The van der Waals surface area contributed by atoms with Crippen LogP contribution in [-0.4, -0.2) is 18.7 Å². The number of carbonyl (C=O) groups is 2. The van der Waals surface area contributed by atoms with Crippen LogP contribution in [0.4, 0.5) is 0 Å². The molecule has 0 aromatic heterocycles. The number of methoxy groups -OCH3 is 1. The first-order valence-corrected chi connectivity index (χ1v) is 10.0. The van der Waals surface area contributed by atoms with E-state index in [0.29, 0.717) is 12.8 Å². The molecule has 1 N–H and O–H groups in total. The number of nitrogens with one attached hydrogen (secondary N) is 1. The zero-order valence-electron chi connectivity index (χ0n) is 17.4. The maximum atomic E-state index is 13.3. The highest BCUT2D eigenvalue weighted by Gasteiger charge is 2.46. The summed E-state index contributed by atoms with van der Waals surface area (Å²) >= 11 is 0. The van der Waals surface area contributed by atoms with Crippen LogP contribution in [0.25, 0.3) is 0 Å². The van der Waals surface area contributed by atoms with E-state index in [9.17, 15) is 9.59 Å². The molecule has 0 bridgehead atoms. The lowest BCUT2D eigenvalue weighted by Crippen LogP contribution is -2.42. The molecule has 28 heavy (non-hydrogen) atoms. The molecule has 0 fully saturated rings. The lowest BCUT2D eigenvalue weighted by atomic mass is 9.64. The summed E-state index contributed by atoms with van der Waals surface area (Å²) in [4.78, 5) is 26.5. The Kier molecular flexibility index (Phi) is 4.29.